The quantitative estimate of drug-likeness (QED) is 0.137. The van der Waals surface area contributed by atoms with Crippen LogP contribution in [-0.2, 0) is 6.61 Å². The number of anilines is 1. The average molecular weight is 493 g/mol. The number of nitrogens with two attached hydrogens (primary N) is 2. The number of halogens is 2. The first-order valence-electron chi connectivity index (χ1n) is 10.1. The molecule has 9 nitrogen and oxygen atoms in total. The van der Waals surface area contributed by atoms with E-state index in [4.69, 9.17) is 32.4 Å². The van der Waals surface area contributed by atoms with Gasteiger partial charge in [-0.2, -0.15) is 10.4 Å². The van der Waals surface area contributed by atoms with Crippen LogP contribution in [0.1, 0.15) is 27.0 Å². The Labute approximate surface area is 203 Å². The number of amidine groups is 1. The molecule has 0 bridgehead atoms. The Hall–Kier alpha value is -4.59. The lowest BCUT2D eigenvalue weighted by Crippen LogP contribution is -2.32. The summed E-state index contributed by atoms with van der Waals surface area (Å²) in [5.74, 6) is 9.79. The molecule has 0 atom stereocenters. The lowest BCUT2D eigenvalue weighted by atomic mass is 10.1. The van der Waals surface area contributed by atoms with Crippen LogP contribution in [0, 0.1) is 17.1 Å². The molecule has 1 heterocycles. The predicted octanol–water partition coefficient (Wildman–Crippen LogP) is 4.01. The summed E-state index contributed by atoms with van der Waals surface area (Å²) in [6.07, 6.45) is 1.23. The average Bonchev–Trinajstić information content (AvgIpc) is 3.27. The van der Waals surface area contributed by atoms with E-state index in [1.54, 1.807) is 42.5 Å². The monoisotopic (exact) mass is 492 g/mol. The van der Waals surface area contributed by atoms with E-state index in [0.29, 0.717) is 27.6 Å². The Morgan fingerprint density at radius 3 is 2.63 bits per heavy atom. The minimum Gasteiger partial charge on any atom is -0.489 e. The number of carbonyl (C=O) groups is 1. The minimum absolute atomic E-state index is 0.000104. The predicted molar refractivity (Wildman–Crippen MR) is 129 cm³/mol. The summed E-state index contributed by atoms with van der Waals surface area (Å²) in [5, 5.41) is 16.1. The first-order chi connectivity index (χ1) is 16.9. The number of amides is 1. The lowest BCUT2D eigenvalue weighted by Gasteiger charge is -2.09. The fourth-order valence-electron chi connectivity index (χ4n) is 3.36. The number of benzene rings is 3. The maximum atomic E-state index is 14.6. The summed E-state index contributed by atoms with van der Waals surface area (Å²) in [6, 6.07) is 16.2. The molecule has 0 unspecified atom stereocenters. The van der Waals surface area contributed by atoms with E-state index >= 15 is 0 Å². The molecule has 4 rings (SSSR count). The first kappa shape index (κ1) is 23.6. The van der Waals surface area contributed by atoms with Gasteiger partial charge in [0, 0.05) is 21.7 Å². The molecule has 176 valence electrons. The number of hydrazine groups is 1. The van der Waals surface area contributed by atoms with Crippen molar-refractivity contribution in [2.75, 3.05) is 5.32 Å². The largest absolute Gasteiger partial charge is 0.489 e. The van der Waals surface area contributed by atoms with Gasteiger partial charge in [-0.1, -0.05) is 17.7 Å². The van der Waals surface area contributed by atoms with Crippen molar-refractivity contribution >= 4 is 40.0 Å². The number of furan rings is 1. The molecular weight excluding hydrogens is 475 g/mol. The molecule has 3 aromatic carbocycles. The summed E-state index contributed by atoms with van der Waals surface area (Å²) in [6.45, 7) is 0.177. The number of nitrogens with zero attached hydrogens (tertiary/aromatic N) is 2. The molecule has 0 aliphatic heterocycles. The third-order valence-electron chi connectivity index (χ3n) is 5.13. The fourth-order valence-corrected chi connectivity index (χ4v) is 3.53. The van der Waals surface area contributed by atoms with Crippen LogP contribution in [0.3, 0.4) is 0 Å². The number of nitriles is 1. The highest BCUT2D eigenvalue weighted by atomic mass is 35.5. The molecule has 1 aromatic heterocycles. The van der Waals surface area contributed by atoms with E-state index in [2.05, 4.69) is 21.9 Å². The zero-order chi connectivity index (χ0) is 24.9. The fraction of sp³-hybridized carbons (Fsp3) is 0.0417. The molecule has 4 aromatic rings. The van der Waals surface area contributed by atoms with E-state index in [1.807, 2.05) is 0 Å². The number of ether oxygens (including phenoxy) is 1. The standard InChI is InChI=1S/C24H18ClFN6O3/c25-15-2-1-13(14(7-15)10-27)11-34-17-5-3-16(4-6-17)30-24(33)20-12-35-22-9-19(23(31-28)32-29)21(26)8-18(20)22/h1-9,12H,11,28-29H2,(H,30,33)(H,31,32). The van der Waals surface area contributed by atoms with Gasteiger partial charge in [-0.3, -0.25) is 4.79 Å². The molecule has 0 spiro atoms. The van der Waals surface area contributed by atoms with Gasteiger partial charge in [-0.05, 0) is 48.5 Å². The maximum Gasteiger partial charge on any atom is 0.259 e. The SMILES string of the molecule is N#Cc1cc(Cl)ccc1COc1ccc(NC(=O)c2coc3cc(/C(=N/N)NN)c(F)cc23)cc1. The van der Waals surface area contributed by atoms with Crippen LogP contribution in [0.15, 0.2) is 70.4 Å². The summed E-state index contributed by atoms with van der Waals surface area (Å²) in [7, 11) is 0. The molecule has 11 heteroatoms. The second-order valence-electron chi connectivity index (χ2n) is 7.28. The molecule has 0 fully saturated rings. The van der Waals surface area contributed by atoms with E-state index in [9.17, 15) is 14.4 Å². The Bertz CT molecular complexity index is 1480. The molecule has 0 aliphatic rings. The number of hydrogen-bond acceptors (Lipinski definition) is 7. The number of hydrogen-bond donors (Lipinski definition) is 4. The van der Waals surface area contributed by atoms with Gasteiger partial charge < -0.3 is 25.7 Å². The Balaban J connectivity index is 1.46. The van der Waals surface area contributed by atoms with Crippen LogP contribution in [-0.4, -0.2) is 11.7 Å². The van der Waals surface area contributed by atoms with E-state index < -0.39 is 11.7 Å². The summed E-state index contributed by atoms with van der Waals surface area (Å²) in [4.78, 5) is 12.8. The second kappa shape index (κ2) is 10.1. The Morgan fingerprint density at radius 1 is 1.17 bits per heavy atom. The smallest absolute Gasteiger partial charge is 0.259 e. The highest BCUT2D eigenvalue weighted by Crippen LogP contribution is 2.26. The summed E-state index contributed by atoms with van der Waals surface area (Å²) in [5.41, 5.74) is 4.22. The van der Waals surface area contributed by atoms with Crippen LogP contribution >= 0.6 is 11.6 Å². The maximum absolute atomic E-state index is 14.6. The van der Waals surface area contributed by atoms with Crippen LogP contribution in [0.2, 0.25) is 5.02 Å². The van der Waals surface area contributed by atoms with Gasteiger partial charge in [0.1, 0.15) is 30.0 Å². The first-order valence-corrected chi connectivity index (χ1v) is 10.5. The third-order valence-corrected chi connectivity index (χ3v) is 5.36. The van der Waals surface area contributed by atoms with Gasteiger partial charge in [-0.25, -0.2) is 10.2 Å². The molecule has 1 amide bonds. The van der Waals surface area contributed by atoms with Gasteiger partial charge in [-0.15, -0.1) is 0 Å². The molecule has 0 saturated heterocycles. The molecule has 0 aliphatic carbocycles. The van der Waals surface area contributed by atoms with Crippen molar-refractivity contribution in [1.82, 2.24) is 5.43 Å². The third kappa shape index (κ3) is 5.01. The van der Waals surface area contributed by atoms with Gasteiger partial charge in [0.2, 0.25) is 0 Å². The van der Waals surface area contributed by atoms with E-state index in [1.165, 1.54) is 12.3 Å². The zero-order valence-corrected chi connectivity index (χ0v) is 18.8. The molecule has 35 heavy (non-hydrogen) atoms. The summed E-state index contributed by atoms with van der Waals surface area (Å²) < 4.78 is 25.7. The van der Waals surface area contributed by atoms with Gasteiger partial charge >= 0.3 is 0 Å². The second-order valence-corrected chi connectivity index (χ2v) is 7.72. The van der Waals surface area contributed by atoms with Crippen molar-refractivity contribution in [1.29, 1.82) is 5.26 Å². The zero-order valence-electron chi connectivity index (χ0n) is 18.0. The van der Waals surface area contributed by atoms with Crippen LogP contribution < -0.4 is 27.2 Å². The number of fused-ring (bicyclic) bond motifs is 1. The van der Waals surface area contributed by atoms with Crippen molar-refractivity contribution in [2.24, 2.45) is 16.8 Å². The van der Waals surface area contributed by atoms with Crippen molar-refractivity contribution in [3.63, 3.8) is 0 Å². The van der Waals surface area contributed by atoms with Crippen LogP contribution in [0.25, 0.3) is 11.0 Å². The van der Waals surface area contributed by atoms with E-state index in [0.717, 1.165) is 6.07 Å². The van der Waals surface area contributed by atoms with Gasteiger partial charge in [0.15, 0.2) is 5.84 Å². The van der Waals surface area contributed by atoms with Crippen molar-refractivity contribution in [3.05, 3.63) is 94.0 Å². The number of nitrogens with one attached hydrogen (secondary N) is 2. The normalized spacial score (nSPS) is 11.2. The summed E-state index contributed by atoms with van der Waals surface area (Å²) >= 11 is 5.91. The Kier molecular flexibility index (Phi) is 6.82. The molecular formula is C24H18ClFN6O3. The van der Waals surface area contributed by atoms with Crippen molar-refractivity contribution in [2.45, 2.75) is 6.61 Å². The van der Waals surface area contributed by atoms with E-state index in [-0.39, 0.29) is 34.5 Å². The van der Waals surface area contributed by atoms with Crippen molar-refractivity contribution in [3.8, 4) is 11.8 Å². The van der Waals surface area contributed by atoms with Crippen LogP contribution in [0.5, 0.6) is 5.75 Å². The van der Waals surface area contributed by atoms with Gasteiger partial charge in [0.25, 0.3) is 5.91 Å². The Morgan fingerprint density at radius 2 is 1.94 bits per heavy atom. The van der Waals surface area contributed by atoms with Gasteiger partial charge in [0.05, 0.1) is 22.8 Å². The number of rotatable bonds is 6. The van der Waals surface area contributed by atoms with Crippen LogP contribution in [0.4, 0.5) is 10.1 Å². The minimum atomic E-state index is -0.683. The highest BCUT2D eigenvalue weighted by molar-refractivity contribution is 6.30. The molecule has 0 radical (unpaired) electrons. The van der Waals surface area contributed by atoms with Crippen molar-refractivity contribution < 1.29 is 18.3 Å². The number of carbonyl (C=O) groups excluding carboxylic acids is 1. The molecule has 0 saturated carbocycles. The number of hydrazone groups is 1. The lowest BCUT2D eigenvalue weighted by molar-refractivity contribution is 0.102. The topological polar surface area (TPSA) is 152 Å². The molecule has 6 N–H and O–H groups in total. The highest BCUT2D eigenvalue weighted by Gasteiger charge is 2.19.